The topological polar surface area (TPSA) is 49.4 Å². The number of amides is 1. The van der Waals surface area contributed by atoms with E-state index in [2.05, 4.69) is 45.1 Å². The van der Waals surface area contributed by atoms with Gasteiger partial charge in [-0.15, -0.1) is 0 Å². The highest BCUT2D eigenvalue weighted by Crippen LogP contribution is 2.67. The van der Waals surface area contributed by atoms with E-state index in [1.807, 2.05) is 6.08 Å². The van der Waals surface area contributed by atoms with E-state index in [4.69, 9.17) is 0 Å². The van der Waals surface area contributed by atoms with Crippen LogP contribution in [0.4, 0.5) is 0 Å². The Morgan fingerprint density at radius 1 is 1.11 bits per heavy atom. The van der Waals surface area contributed by atoms with E-state index < -0.39 is 0 Å². The molecule has 0 aromatic carbocycles. The number of rotatable bonds is 4. The van der Waals surface area contributed by atoms with Gasteiger partial charge in [-0.1, -0.05) is 19.9 Å². The maximum Gasteiger partial charge on any atom is 0.211 e. The van der Waals surface area contributed by atoms with Crippen molar-refractivity contribution in [1.29, 1.82) is 0 Å². The maximum atomic E-state index is 13.0. The molecule has 0 aliphatic heterocycles. The molecule has 3 fully saturated rings. The minimum atomic E-state index is 0.0701. The van der Waals surface area contributed by atoms with Crippen LogP contribution in [0.25, 0.3) is 0 Å². The summed E-state index contributed by atoms with van der Waals surface area (Å²) in [5.74, 6) is 3.28. The SMILES string of the molecule is C[C@@H]([C@H]1CC[C@H]2[C@@H]3CC[C@H]4C(=O)C(NC=O)=CC[C@]4(C)[C@H]3CC[C@]12C)N(C)C. The summed E-state index contributed by atoms with van der Waals surface area (Å²) in [6, 6.07) is 0.634. The second-order valence-electron chi connectivity index (χ2n) is 10.9. The zero-order chi connectivity index (χ0) is 20.3. The van der Waals surface area contributed by atoms with Gasteiger partial charge in [-0.25, -0.2) is 0 Å². The van der Waals surface area contributed by atoms with Gasteiger partial charge in [-0.05, 0) is 100 Å². The fraction of sp³-hybridized carbons (Fsp3) is 0.833. The van der Waals surface area contributed by atoms with E-state index >= 15 is 0 Å². The molecule has 0 heterocycles. The lowest BCUT2D eigenvalue weighted by atomic mass is 9.45. The summed E-state index contributed by atoms with van der Waals surface area (Å²) in [4.78, 5) is 26.3. The fourth-order valence-electron chi connectivity index (χ4n) is 8.18. The Bertz CT molecular complexity index is 686. The van der Waals surface area contributed by atoms with Crippen molar-refractivity contribution >= 4 is 12.2 Å². The number of ketones is 1. The average Bonchev–Trinajstić information content (AvgIpc) is 3.00. The Morgan fingerprint density at radius 3 is 2.50 bits per heavy atom. The Morgan fingerprint density at radius 2 is 1.82 bits per heavy atom. The van der Waals surface area contributed by atoms with Gasteiger partial charge < -0.3 is 10.2 Å². The zero-order valence-electron chi connectivity index (χ0n) is 18.3. The molecule has 156 valence electrons. The van der Waals surface area contributed by atoms with Gasteiger partial charge in [-0.2, -0.15) is 0 Å². The van der Waals surface area contributed by atoms with Crippen LogP contribution in [0.2, 0.25) is 0 Å². The lowest BCUT2D eigenvalue weighted by Crippen LogP contribution is -2.56. The zero-order valence-corrected chi connectivity index (χ0v) is 18.3. The van der Waals surface area contributed by atoms with Crippen molar-refractivity contribution < 1.29 is 9.59 Å². The largest absolute Gasteiger partial charge is 0.326 e. The number of carbonyl (C=O) groups is 2. The van der Waals surface area contributed by atoms with E-state index in [0.29, 0.717) is 29.5 Å². The van der Waals surface area contributed by atoms with Gasteiger partial charge in [0.05, 0.1) is 5.70 Å². The van der Waals surface area contributed by atoms with Gasteiger partial charge in [-0.3, -0.25) is 9.59 Å². The molecule has 8 atom stereocenters. The Hall–Kier alpha value is -1.16. The number of hydrogen-bond acceptors (Lipinski definition) is 3. The number of allylic oxidation sites excluding steroid dienone is 2. The highest BCUT2D eigenvalue weighted by molar-refractivity contribution is 5.99. The van der Waals surface area contributed by atoms with Gasteiger partial charge in [0.25, 0.3) is 0 Å². The summed E-state index contributed by atoms with van der Waals surface area (Å²) >= 11 is 0. The summed E-state index contributed by atoms with van der Waals surface area (Å²) in [6.07, 6.45) is 11.1. The van der Waals surface area contributed by atoms with Crippen LogP contribution < -0.4 is 5.32 Å². The van der Waals surface area contributed by atoms with E-state index in [0.717, 1.165) is 30.6 Å². The second-order valence-corrected chi connectivity index (χ2v) is 10.9. The molecule has 0 radical (unpaired) electrons. The molecule has 0 unspecified atom stereocenters. The minimum Gasteiger partial charge on any atom is -0.326 e. The molecule has 4 heteroatoms. The third kappa shape index (κ3) is 2.74. The predicted octanol–water partition coefficient (Wildman–Crippen LogP) is 4.01. The van der Waals surface area contributed by atoms with Crippen LogP contribution in [-0.2, 0) is 9.59 Å². The van der Waals surface area contributed by atoms with Crippen LogP contribution in [0.15, 0.2) is 11.8 Å². The van der Waals surface area contributed by atoms with Gasteiger partial charge >= 0.3 is 0 Å². The fourth-order valence-corrected chi connectivity index (χ4v) is 8.18. The maximum absolute atomic E-state index is 13.0. The Kier molecular flexibility index (Phi) is 5.01. The van der Waals surface area contributed by atoms with Crippen molar-refractivity contribution in [2.45, 2.75) is 71.8 Å². The van der Waals surface area contributed by atoms with Crippen LogP contribution in [-0.4, -0.2) is 37.2 Å². The molecule has 0 bridgehead atoms. The number of hydrogen-bond donors (Lipinski definition) is 1. The van der Waals surface area contributed by atoms with E-state index in [-0.39, 0.29) is 17.1 Å². The van der Waals surface area contributed by atoms with Gasteiger partial charge in [0.15, 0.2) is 5.78 Å². The van der Waals surface area contributed by atoms with E-state index in [9.17, 15) is 9.59 Å². The molecule has 0 aromatic rings. The monoisotopic (exact) mass is 386 g/mol. The van der Waals surface area contributed by atoms with Crippen molar-refractivity contribution in [3.05, 3.63) is 11.8 Å². The summed E-state index contributed by atoms with van der Waals surface area (Å²) < 4.78 is 0. The lowest BCUT2D eigenvalue weighted by Gasteiger charge is -2.60. The normalized spacial score (nSPS) is 46.3. The standard InChI is InChI=1S/C24H38N2O2/c1-15(26(4)5)17-8-9-18-16-6-7-20-22(28)21(25-14-27)11-13-24(20,3)19(16)10-12-23(17,18)2/h11,14-20H,6-10,12-13H2,1-5H3,(H,25,27)/t15-,16-,17+,18-,19-,20-,23+,24+/m0/s1. The number of fused-ring (bicyclic) bond motifs is 5. The number of nitrogens with zero attached hydrogens (tertiary/aromatic N) is 1. The molecule has 3 saturated carbocycles. The van der Waals surface area contributed by atoms with Crippen molar-refractivity contribution in [1.82, 2.24) is 10.2 Å². The quantitative estimate of drug-likeness (QED) is 0.743. The first kappa shape index (κ1) is 20.1. The van der Waals surface area contributed by atoms with Crippen LogP contribution in [0.5, 0.6) is 0 Å². The molecule has 4 aliphatic rings. The van der Waals surface area contributed by atoms with Crippen molar-refractivity contribution in [2.75, 3.05) is 14.1 Å². The second kappa shape index (κ2) is 6.97. The van der Waals surface area contributed by atoms with Crippen LogP contribution >= 0.6 is 0 Å². The molecule has 4 rings (SSSR count). The number of nitrogens with one attached hydrogen (secondary N) is 1. The first-order valence-corrected chi connectivity index (χ1v) is 11.3. The third-order valence-electron chi connectivity index (χ3n) is 9.88. The van der Waals surface area contributed by atoms with Crippen molar-refractivity contribution in [3.63, 3.8) is 0 Å². The predicted molar refractivity (Wildman–Crippen MR) is 111 cm³/mol. The first-order chi connectivity index (χ1) is 13.2. The third-order valence-corrected chi connectivity index (χ3v) is 9.88. The van der Waals surface area contributed by atoms with E-state index in [1.165, 1.54) is 32.1 Å². The van der Waals surface area contributed by atoms with Crippen molar-refractivity contribution in [3.8, 4) is 0 Å². The molecule has 0 spiro atoms. The molecule has 28 heavy (non-hydrogen) atoms. The van der Waals surface area contributed by atoms with Gasteiger partial charge in [0.2, 0.25) is 6.41 Å². The molecule has 4 aliphatic carbocycles. The number of Topliss-reactive ketones (excluding diaryl/α,β-unsaturated/α-hetero) is 1. The smallest absolute Gasteiger partial charge is 0.211 e. The first-order valence-electron chi connectivity index (χ1n) is 11.3. The molecule has 1 N–H and O–H groups in total. The Labute approximate surface area is 170 Å². The molecule has 0 saturated heterocycles. The Balaban J connectivity index is 1.60. The van der Waals surface area contributed by atoms with Gasteiger partial charge in [0, 0.05) is 12.0 Å². The van der Waals surface area contributed by atoms with Crippen LogP contribution in [0.3, 0.4) is 0 Å². The van der Waals surface area contributed by atoms with Crippen LogP contribution in [0, 0.1) is 40.4 Å². The minimum absolute atomic E-state index is 0.0701. The summed E-state index contributed by atoms with van der Waals surface area (Å²) in [7, 11) is 4.45. The van der Waals surface area contributed by atoms with E-state index in [1.54, 1.807) is 0 Å². The summed E-state index contributed by atoms with van der Waals surface area (Å²) in [5.41, 5.74) is 1.06. The highest BCUT2D eigenvalue weighted by atomic mass is 16.1. The van der Waals surface area contributed by atoms with Crippen molar-refractivity contribution in [2.24, 2.45) is 40.4 Å². The molecule has 4 nitrogen and oxygen atoms in total. The number of carbonyl (C=O) groups excluding carboxylic acids is 2. The molecule has 0 aromatic heterocycles. The van der Waals surface area contributed by atoms with Crippen LogP contribution in [0.1, 0.15) is 65.7 Å². The summed E-state index contributed by atoms with van der Waals surface area (Å²) in [5, 5.41) is 2.65. The van der Waals surface area contributed by atoms with Gasteiger partial charge in [0.1, 0.15) is 0 Å². The highest BCUT2D eigenvalue weighted by Gasteiger charge is 2.61. The molecular weight excluding hydrogens is 348 g/mol. The summed E-state index contributed by atoms with van der Waals surface area (Å²) in [6.45, 7) is 7.37. The average molecular weight is 387 g/mol. The lowest BCUT2D eigenvalue weighted by molar-refractivity contribution is -0.140. The molecule has 1 amide bonds. The molecular formula is C24H38N2O2.